The van der Waals surface area contributed by atoms with Gasteiger partial charge in [-0.15, -0.1) is 0 Å². The summed E-state index contributed by atoms with van der Waals surface area (Å²) < 4.78 is 16.6. The monoisotopic (exact) mass is 859 g/mol. The number of hydrogen-bond donors (Lipinski definition) is 0. The average molecular weight is 859 g/mol. The van der Waals surface area contributed by atoms with Gasteiger partial charge in [0.1, 0.15) is 13.2 Å². The first kappa shape index (κ1) is 58.1. The number of esters is 3. The third kappa shape index (κ3) is 47.1. The zero-order valence-electron chi connectivity index (χ0n) is 39.8. The maximum atomic E-state index is 12.7. The number of ether oxygens (including phenoxy) is 3. The van der Waals surface area contributed by atoms with E-state index >= 15 is 0 Å². The summed E-state index contributed by atoms with van der Waals surface area (Å²) >= 11 is 0. The van der Waals surface area contributed by atoms with Crippen LogP contribution in [0.1, 0.15) is 207 Å². The lowest BCUT2D eigenvalue weighted by molar-refractivity contribution is -0.166. The van der Waals surface area contributed by atoms with E-state index in [9.17, 15) is 14.4 Å². The Kier molecular flexibility index (Phi) is 46.6. The minimum Gasteiger partial charge on any atom is -0.462 e. The van der Waals surface area contributed by atoms with Gasteiger partial charge in [-0.3, -0.25) is 14.4 Å². The highest BCUT2D eigenvalue weighted by Gasteiger charge is 2.19. The number of unbranched alkanes of at least 4 members (excludes halogenated alkanes) is 14. The summed E-state index contributed by atoms with van der Waals surface area (Å²) in [5.41, 5.74) is 0. The van der Waals surface area contributed by atoms with Gasteiger partial charge in [-0.05, 0) is 89.9 Å². The van der Waals surface area contributed by atoms with E-state index < -0.39 is 12.1 Å². The minimum absolute atomic E-state index is 0.125. The van der Waals surface area contributed by atoms with Crippen LogP contribution in [0.2, 0.25) is 0 Å². The molecule has 0 amide bonds. The van der Waals surface area contributed by atoms with Gasteiger partial charge in [-0.25, -0.2) is 0 Å². The standard InChI is InChI=1S/C56H90O6/c1-4-7-10-13-16-19-22-24-26-28-30-31-34-37-40-43-46-49-55(58)61-52-53(51-60-54(57)48-45-42-39-36-33-21-18-15-12-9-6-3)62-56(59)50-47-44-41-38-35-32-29-27-25-23-20-17-14-11-8-5-2/h8,11,16-17,19-20,24-27,30-32,35,37,40-41,44,53H,4-7,9-10,12-15,18,21-23,28-29,33-34,36,38-39,42-43,45-52H2,1-3H3/b11-8-,19-16-,20-17-,26-24-,27-25-,31-30-,35-32-,40-37-,44-41-. The van der Waals surface area contributed by atoms with Crippen molar-refractivity contribution in [1.29, 1.82) is 0 Å². The van der Waals surface area contributed by atoms with Crippen molar-refractivity contribution in [2.75, 3.05) is 13.2 Å². The molecular weight excluding hydrogens is 769 g/mol. The molecule has 0 aliphatic heterocycles. The predicted octanol–water partition coefficient (Wildman–Crippen LogP) is 16.4. The van der Waals surface area contributed by atoms with Crippen molar-refractivity contribution >= 4 is 17.9 Å². The summed E-state index contributed by atoms with van der Waals surface area (Å²) in [4.78, 5) is 37.8. The van der Waals surface area contributed by atoms with E-state index in [4.69, 9.17) is 14.2 Å². The molecule has 0 heterocycles. The van der Waals surface area contributed by atoms with Crippen LogP contribution < -0.4 is 0 Å². The molecule has 350 valence electrons. The van der Waals surface area contributed by atoms with Gasteiger partial charge in [0.05, 0.1) is 0 Å². The van der Waals surface area contributed by atoms with Crippen molar-refractivity contribution in [1.82, 2.24) is 0 Å². The summed E-state index contributed by atoms with van der Waals surface area (Å²) in [6.07, 6.45) is 66.6. The van der Waals surface area contributed by atoms with Crippen molar-refractivity contribution in [2.45, 2.75) is 213 Å². The highest BCUT2D eigenvalue weighted by atomic mass is 16.6. The van der Waals surface area contributed by atoms with Crippen LogP contribution in [0.5, 0.6) is 0 Å². The summed E-state index contributed by atoms with van der Waals surface area (Å²) in [7, 11) is 0. The zero-order chi connectivity index (χ0) is 45.1. The maximum Gasteiger partial charge on any atom is 0.306 e. The van der Waals surface area contributed by atoms with Gasteiger partial charge in [0, 0.05) is 19.3 Å². The van der Waals surface area contributed by atoms with E-state index in [1.165, 1.54) is 77.0 Å². The highest BCUT2D eigenvalue weighted by molar-refractivity contribution is 5.71. The first-order valence-corrected chi connectivity index (χ1v) is 24.9. The van der Waals surface area contributed by atoms with Crippen LogP contribution in [0.3, 0.4) is 0 Å². The number of carbonyl (C=O) groups excluding carboxylic acids is 3. The molecule has 0 saturated heterocycles. The van der Waals surface area contributed by atoms with Crippen molar-refractivity contribution in [2.24, 2.45) is 0 Å². The van der Waals surface area contributed by atoms with Crippen LogP contribution in [0.4, 0.5) is 0 Å². The molecule has 0 aliphatic rings. The molecule has 6 heteroatoms. The van der Waals surface area contributed by atoms with Crippen LogP contribution in [0, 0.1) is 0 Å². The molecule has 0 N–H and O–H groups in total. The molecule has 0 aromatic rings. The van der Waals surface area contributed by atoms with Crippen LogP contribution in [-0.4, -0.2) is 37.2 Å². The molecular formula is C56H90O6. The fourth-order valence-corrected chi connectivity index (χ4v) is 6.31. The number of allylic oxidation sites excluding steroid dienone is 18. The van der Waals surface area contributed by atoms with E-state index in [1.54, 1.807) is 0 Å². The molecule has 0 aromatic heterocycles. The molecule has 0 aromatic carbocycles. The lowest BCUT2D eigenvalue weighted by atomic mass is 10.1. The second-order valence-corrected chi connectivity index (χ2v) is 16.0. The van der Waals surface area contributed by atoms with Crippen LogP contribution in [-0.2, 0) is 28.6 Å². The zero-order valence-corrected chi connectivity index (χ0v) is 39.8. The molecule has 0 rings (SSSR count). The van der Waals surface area contributed by atoms with Crippen LogP contribution >= 0.6 is 0 Å². The number of hydrogen-bond acceptors (Lipinski definition) is 6. The highest BCUT2D eigenvalue weighted by Crippen LogP contribution is 2.13. The van der Waals surface area contributed by atoms with Crippen LogP contribution in [0.15, 0.2) is 109 Å². The molecule has 1 unspecified atom stereocenters. The van der Waals surface area contributed by atoms with E-state index in [1.807, 2.05) is 12.2 Å². The molecule has 0 aliphatic carbocycles. The van der Waals surface area contributed by atoms with Crippen LogP contribution in [0.25, 0.3) is 0 Å². The number of rotatable bonds is 43. The Morgan fingerprint density at radius 1 is 0.339 bits per heavy atom. The third-order valence-corrected chi connectivity index (χ3v) is 10.0. The first-order valence-electron chi connectivity index (χ1n) is 24.9. The Labute approximate surface area is 380 Å². The first-order chi connectivity index (χ1) is 30.5. The Balaban J connectivity index is 4.59. The summed E-state index contributed by atoms with van der Waals surface area (Å²) in [5.74, 6) is -1.08. The fourth-order valence-electron chi connectivity index (χ4n) is 6.31. The Morgan fingerprint density at radius 2 is 0.677 bits per heavy atom. The SMILES string of the molecule is CC/C=C\C/C=C\C/C=C\C/C=C\C/C=C\CCC(=O)OC(COC(=O)CCC/C=C\C/C=C\C/C=C\C/C=C\CCCCC)COC(=O)CCCCCCCCCCCCC. The lowest BCUT2D eigenvalue weighted by Crippen LogP contribution is -2.30. The Bertz CT molecular complexity index is 1310. The van der Waals surface area contributed by atoms with E-state index in [-0.39, 0.29) is 38.0 Å². The normalized spacial score (nSPS) is 13.0. The molecule has 0 spiro atoms. The predicted molar refractivity (Wildman–Crippen MR) is 265 cm³/mol. The van der Waals surface area contributed by atoms with Crippen molar-refractivity contribution in [3.05, 3.63) is 109 Å². The molecule has 0 fully saturated rings. The molecule has 62 heavy (non-hydrogen) atoms. The largest absolute Gasteiger partial charge is 0.462 e. The topological polar surface area (TPSA) is 78.9 Å². The summed E-state index contributed by atoms with van der Waals surface area (Å²) in [5, 5.41) is 0. The number of carbonyl (C=O) groups is 3. The third-order valence-electron chi connectivity index (χ3n) is 10.0. The lowest BCUT2D eigenvalue weighted by Gasteiger charge is -2.18. The van der Waals surface area contributed by atoms with Gasteiger partial charge >= 0.3 is 17.9 Å². The van der Waals surface area contributed by atoms with Gasteiger partial charge in [-0.2, -0.15) is 0 Å². The van der Waals surface area contributed by atoms with Gasteiger partial charge in [-0.1, -0.05) is 207 Å². The maximum absolute atomic E-state index is 12.7. The van der Waals surface area contributed by atoms with Crippen molar-refractivity contribution < 1.29 is 28.6 Å². The van der Waals surface area contributed by atoms with E-state index in [2.05, 4.69) is 118 Å². The molecule has 0 bridgehead atoms. The van der Waals surface area contributed by atoms with Gasteiger partial charge in [0.15, 0.2) is 6.10 Å². The molecule has 1 atom stereocenters. The van der Waals surface area contributed by atoms with E-state index in [0.29, 0.717) is 19.3 Å². The minimum atomic E-state index is -0.838. The molecule has 0 radical (unpaired) electrons. The van der Waals surface area contributed by atoms with Crippen molar-refractivity contribution in [3.63, 3.8) is 0 Å². The average Bonchev–Trinajstić information content (AvgIpc) is 3.27. The Morgan fingerprint density at radius 3 is 1.11 bits per heavy atom. The van der Waals surface area contributed by atoms with Gasteiger partial charge in [0.2, 0.25) is 0 Å². The summed E-state index contributed by atoms with van der Waals surface area (Å²) in [6, 6.07) is 0. The van der Waals surface area contributed by atoms with Gasteiger partial charge in [0.25, 0.3) is 0 Å². The smallest absolute Gasteiger partial charge is 0.306 e. The second-order valence-electron chi connectivity index (χ2n) is 16.0. The molecule has 0 saturated carbocycles. The summed E-state index contributed by atoms with van der Waals surface area (Å²) in [6.45, 7) is 6.36. The second kappa shape index (κ2) is 49.7. The quantitative estimate of drug-likeness (QED) is 0.0263. The molecule has 6 nitrogen and oxygen atoms in total. The van der Waals surface area contributed by atoms with Gasteiger partial charge < -0.3 is 14.2 Å². The Hall–Kier alpha value is -3.93. The van der Waals surface area contributed by atoms with Crippen molar-refractivity contribution in [3.8, 4) is 0 Å². The van der Waals surface area contributed by atoms with E-state index in [0.717, 1.165) is 77.0 Å². The fraction of sp³-hybridized carbons (Fsp3) is 0.625.